The first-order chi connectivity index (χ1) is 9.47. The average molecular weight is 292 g/mol. The molecule has 0 bridgehead atoms. The van der Waals surface area contributed by atoms with Gasteiger partial charge in [0.2, 0.25) is 0 Å². The predicted octanol–water partition coefficient (Wildman–Crippen LogP) is 2.08. The molecule has 0 radical (unpaired) electrons. The Morgan fingerprint density at radius 3 is 2.45 bits per heavy atom. The molecule has 20 heavy (non-hydrogen) atoms. The van der Waals surface area contributed by atoms with Crippen molar-refractivity contribution < 1.29 is 18.1 Å². The van der Waals surface area contributed by atoms with E-state index < -0.39 is 10.1 Å². The number of anilines is 1. The van der Waals surface area contributed by atoms with Crippen molar-refractivity contribution in [2.75, 3.05) is 5.43 Å². The molecule has 6 nitrogen and oxygen atoms in total. The first-order valence-corrected chi connectivity index (χ1v) is 7.05. The van der Waals surface area contributed by atoms with Crippen molar-refractivity contribution >= 4 is 22.0 Å². The standard InChI is InChI=1S/C13H12N2O4S/c16-13-7-6-12(20(17,18)19)8-10(13)9-14-15-11-4-2-1-3-5-11/h1-9,15-16H,(H,17,18,19). The van der Waals surface area contributed by atoms with E-state index in [1.54, 1.807) is 12.1 Å². The zero-order chi connectivity index (χ0) is 14.6. The van der Waals surface area contributed by atoms with E-state index in [0.29, 0.717) is 0 Å². The van der Waals surface area contributed by atoms with Crippen molar-refractivity contribution in [1.82, 2.24) is 0 Å². The molecule has 104 valence electrons. The summed E-state index contributed by atoms with van der Waals surface area (Å²) in [4.78, 5) is -0.309. The fourth-order valence-electron chi connectivity index (χ4n) is 1.49. The monoisotopic (exact) mass is 292 g/mol. The molecule has 3 N–H and O–H groups in total. The summed E-state index contributed by atoms with van der Waals surface area (Å²) < 4.78 is 30.9. The highest BCUT2D eigenvalue weighted by atomic mass is 32.2. The average Bonchev–Trinajstić information content (AvgIpc) is 2.41. The number of aromatic hydroxyl groups is 1. The minimum Gasteiger partial charge on any atom is -0.507 e. The number of hydrazone groups is 1. The molecule has 7 heteroatoms. The van der Waals surface area contributed by atoms with E-state index >= 15 is 0 Å². The summed E-state index contributed by atoms with van der Waals surface area (Å²) in [6, 6.07) is 12.5. The Labute approximate surface area is 116 Å². The van der Waals surface area contributed by atoms with Gasteiger partial charge in [0.05, 0.1) is 16.8 Å². The molecule has 2 aromatic carbocycles. The Balaban J connectivity index is 2.21. The molecule has 0 heterocycles. The van der Waals surface area contributed by atoms with E-state index in [-0.39, 0.29) is 16.2 Å². The van der Waals surface area contributed by atoms with Crippen LogP contribution in [0.3, 0.4) is 0 Å². The molecule has 0 aliphatic rings. The summed E-state index contributed by atoms with van der Waals surface area (Å²) in [5, 5.41) is 13.5. The molecule has 0 saturated heterocycles. The molecule has 0 saturated carbocycles. The quantitative estimate of drug-likeness (QED) is 0.455. The van der Waals surface area contributed by atoms with Crippen LogP contribution in [0.5, 0.6) is 5.75 Å². The number of hydrogen-bond acceptors (Lipinski definition) is 5. The van der Waals surface area contributed by atoms with Gasteiger partial charge in [0.25, 0.3) is 10.1 Å². The van der Waals surface area contributed by atoms with Crippen LogP contribution in [0.1, 0.15) is 5.56 Å². The Kier molecular flexibility index (Phi) is 4.02. The van der Waals surface area contributed by atoms with Gasteiger partial charge >= 0.3 is 0 Å². The second-order valence-electron chi connectivity index (χ2n) is 3.93. The molecule has 0 unspecified atom stereocenters. The molecule has 2 rings (SSSR count). The van der Waals surface area contributed by atoms with Gasteiger partial charge in [-0.25, -0.2) is 0 Å². The largest absolute Gasteiger partial charge is 0.507 e. The van der Waals surface area contributed by atoms with E-state index in [2.05, 4.69) is 10.5 Å². The van der Waals surface area contributed by atoms with Gasteiger partial charge in [0.1, 0.15) is 5.75 Å². The second-order valence-corrected chi connectivity index (χ2v) is 5.35. The molecule has 2 aromatic rings. The third-order valence-electron chi connectivity index (χ3n) is 2.47. The SMILES string of the molecule is O=S(=O)(O)c1ccc(O)c(C=NNc2ccccc2)c1. The van der Waals surface area contributed by atoms with Crippen LogP contribution in [0.25, 0.3) is 0 Å². The Morgan fingerprint density at radius 1 is 1.10 bits per heavy atom. The highest BCUT2D eigenvalue weighted by Gasteiger charge is 2.11. The van der Waals surface area contributed by atoms with Crippen molar-refractivity contribution in [1.29, 1.82) is 0 Å². The molecular formula is C13H12N2O4S. The molecule has 0 fully saturated rings. The molecule has 0 spiro atoms. The molecule has 0 atom stereocenters. The number of nitrogens with zero attached hydrogens (tertiary/aromatic N) is 1. The first-order valence-electron chi connectivity index (χ1n) is 5.61. The molecule has 0 aliphatic heterocycles. The summed E-state index contributed by atoms with van der Waals surface area (Å²) in [5.41, 5.74) is 3.64. The van der Waals surface area contributed by atoms with Crippen LogP contribution in [-0.4, -0.2) is 24.3 Å². The van der Waals surface area contributed by atoms with Gasteiger partial charge in [-0.1, -0.05) is 18.2 Å². The van der Waals surface area contributed by atoms with Crippen LogP contribution >= 0.6 is 0 Å². The highest BCUT2D eigenvalue weighted by Crippen LogP contribution is 2.19. The lowest BCUT2D eigenvalue weighted by molar-refractivity contribution is 0.472. The third kappa shape index (κ3) is 3.56. The minimum atomic E-state index is -4.31. The lowest BCUT2D eigenvalue weighted by Crippen LogP contribution is -1.99. The van der Waals surface area contributed by atoms with Crippen LogP contribution in [0.15, 0.2) is 58.5 Å². The van der Waals surface area contributed by atoms with Crippen LogP contribution in [0.4, 0.5) is 5.69 Å². The number of phenolic OH excluding ortho intramolecular Hbond substituents is 1. The fraction of sp³-hybridized carbons (Fsp3) is 0. The topological polar surface area (TPSA) is 99.0 Å². The Hall–Kier alpha value is -2.38. The van der Waals surface area contributed by atoms with E-state index in [0.717, 1.165) is 17.8 Å². The van der Waals surface area contributed by atoms with Crippen LogP contribution in [0, 0.1) is 0 Å². The number of para-hydroxylation sites is 1. The van der Waals surface area contributed by atoms with E-state index in [1.807, 2.05) is 18.2 Å². The van der Waals surface area contributed by atoms with Gasteiger partial charge in [-0.15, -0.1) is 0 Å². The predicted molar refractivity (Wildman–Crippen MR) is 75.6 cm³/mol. The molecule has 0 aromatic heterocycles. The lowest BCUT2D eigenvalue weighted by Gasteiger charge is -2.02. The minimum absolute atomic E-state index is 0.143. The number of benzene rings is 2. The fourth-order valence-corrected chi connectivity index (χ4v) is 2.00. The zero-order valence-corrected chi connectivity index (χ0v) is 11.1. The maximum atomic E-state index is 11.0. The maximum absolute atomic E-state index is 11.0. The van der Waals surface area contributed by atoms with E-state index in [9.17, 15) is 13.5 Å². The second kappa shape index (κ2) is 5.72. The summed E-state index contributed by atoms with van der Waals surface area (Å²) in [7, 11) is -4.31. The van der Waals surface area contributed by atoms with Crippen molar-refractivity contribution in [2.45, 2.75) is 4.90 Å². The van der Waals surface area contributed by atoms with Gasteiger partial charge in [0.15, 0.2) is 0 Å². The number of nitrogens with one attached hydrogen (secondary N) is 1. The summed E-state index contributed by atoms with van der Waals surface area (Å²) in [5.74, 6) is -0.143. The number of rotatable bonds is 4. The van der Waals surface area contributed by atoms with Crippen LogP contribution in [0.2, 0.25) is 0 Å². The van der Waals surface area contributed by atoms with E-state index in [4.69, 9.17) is 4.55 Å². The van der Waals surface area contributed by atoms with Gasteiger partial charge in [-0.3, -0.25) is 9.98 Å². The molecule has 0 amide bonds. The van der Waals surface area contributed by atoms with Crippen molar-refractivity contribution in [3.8, 4) is 5.75 Å². The summed E-state index contributed by atoms with van der Waals surface area (Å²) in [6.45, 7) is 0. The van der Waals surface area contributed by atoms with Crippen LogP contribution in [-0.2, 0) is 10.1 Å². The van der Waals surface area contributed by atoms with Crippen molar-refractivity contribution in [3.05, 3.63) is 54.1 Å². The lowest BCUT2D eigenvalue weighted by atomic mass is 10.2. The van der Waals surface area contributed by atoms with Gasteiger partial charge in [-0.2, -0.15) is 13.5 Å². The molecular weight excluding hydrogens is 280 g/mol. The molecule has 0 aliphatic carbocycles. The van der Waals surface area contributed by atoms with Gasteiger partial charge in [-0.05, 0) is 30.3 Å². The van der Waals surface area contributed by atoms with Gasteiger partial charge in [0, 0.05) is 5.56 Å². The number of phenols is 1. The summed E-state index contributed by atoms with van der Waals surface area (Å²) >= 11 is 0. The summed E-state index contributed by atoms with van der Waals surface area (Å²) in [6.07, 6.45) is 1.26. The highest BCUT2D eigenvalue weighted by molar-refractivity contribution is 7.85. The van der Waals surface area contributed by atoms with Crippen molar-refractivity contribution in [3.63, 3.8) is 0 Å². The Morgan fingerprint density at radius 2 is 1.80 bits per heavy atom. The smallest absolute Gasteiger partial charge is 0.294 e. The zero-order valence-electron chi connectivity index (χ0n) is 10.3. The third-order valence-corrected chi connectivity index (χ3v) is 3.32. The number of hydrogen-bond donors (Lipinski definition) is 3. The Bertz CT molecular complexity index is 727. The first kappa shape index (κ1) is 14.0. The van der Waals surface area contributed by atoms with Crippen LogP contribution < -0.4 is 5.43 Å². The van der Waals surface area contributed by atoms with E-state index in [1.165, 1.54) is 12.3 Å². The van der Waals surface area contributed by atoms with Crippen molar-refractivity contribution in [2.24, 2.45) is 5.10 Å². The normalized spacial score (nSPS) is 11.7. The van der Waals surface area contributed by atoms with Gasteiger partial charge < -0.3 is 5.11 Å². The maximum Gasteiger partial charge on any atom is 0.294 e.